The Kier molecular flexibility index (Phi) is 7.83. The first-order valence-electron chi connectivity index (χ1n) is 9.77. The van der Waals surface area contributed by atoms with Gasteiger partial charge in [0.05, 0.1) is 17.5 Å². The van der Waals surface area contributed by atoms with Gasteiger partial charge in [-0.05, 0) is 36.8 Å². The fraction of sp³-hybridized carbons (Fsp3) is 0.273. The number of nitrogens with zero attached hydrogens (tertiary/aromatic N) is 2. The number of benzene rings is 2. The highest BCUT2D eigenvalue weighted by Gasteiger charge is 2.32. The highest BCUT2D eigenvalue weighted by atomic mass is 79.9. The summed E-state index contributed by atoms with van der Waals surface area (Å²) in [5.74, 6) is -0.775. The molecule has 0 fully saturated rings. The number of halogens is 1. The Morgan fingerprint density at radius 1 is 1.12 bits per heavy atom. The molecule has 1 unspecified atom stereocenters. The van der Waals surface area contributed by atoms with Crippen LogP contribution in [0.4, 0.5) is 0 Å². The van der Waals surface area contributed by atoms with Crippen molar-refractivity contribution in [2.45, 2.75) is 29.4 Å². The second-order valence-corrected chi connectivity index (χ2v) is 9.63. The minimum absolute atomic E-state index is 0.0767. The third-order valence-corrected chi connectivity index (χ3v) is 7.09. The van der Waals surface area contributed by atoms with E-state index in [9.17, 15) is 18.3 Å². The second kappa shape index (κ2) is 10.4. The van der Waals surface area contributed by atoms with Crippen LogP contribution < -0.4 is 5.56 Å². The number of ether oxygens (including phenoxy) is 2. The van der Waals surface area contributed by atoms with E-state index in [0.717, 1.165) is 0 Å². The Morgan fingerprint density at radius 3 is 2.38 bits per heavy atom. The summed E-state index contributed by atoms with van der Waals surface area (Å²) in [5, 5.41) is 10.5. The van der Waals surface area contributed by atoms with Gasteiger partial charge in [0.1, 0.15) is 12.4 Å². The SMILES string of the molecule is CCOCc1nc(O)c(S(=O)(=O)c2ccc(Br)cc2)c(=O)n1C(COC)c1ccccc1. The summed E-state index contributed by atoms with van der Waals surface area (Å²) in [6.45, 7) is 2.10. The van der Waals surface area contributed by atoms with Gasteiger partial charge in [-0.15, -0.1) is 0 Å². The predicted molar refractivity (Wildman–Crippen MR) is 122 cm³/mol. The van der Waals surface area contributed by atoms with E-state index in [1.54, 1.807) is 31.2 Å². The average molecular weight is 523 g/mol. The lowest BCUT2D eigenvalue weighted by Crippen LogP contribution is -2.35. The Morgan fingerprint density at radius 2 is 1.78 bits per heavy atom. The molecule has 0 saturated heterocycles. The summed E-state index contributed by atoms with van der Waals surface area (Å²) in [6.07, 6.45) is 0. The second-order valence-electron chi connectivity index (χ2n) is 6.83. The molecule has 1 atom stereocenters. The van der Waals surface area contributed by atoms with Crippen molar-refractivity contribution in [3.05, 3.63) is 80.8 Å². The molecular formula is C22H23BrN2O6S. The van der Waals surface area contributed by atoms with Crippen molar-refractivity contribution in [2.24, 2.45) is 0 Å². The highest BCUT2D eigenvalue weighted by Crippen LogP contribution is 2.28. The van der Waals surface area contributed by atoms with Crippen molar-refractivity contribution in [3.8, 4) is 5.88 Å². The van der Waals surface area contributed by atoms with Gasteiger partial charge in [0.15, 0.2) is 4.90 Å². The maximum atomic E-state index is 13.6. The minimum Gasteiger partial charge on any atom is -0.492 e. The summed E-state index contributed by atoms with van der Waals surface area (Å²) in [4.78, 5) is 16.7. The molecule has 3 aromatic rings. The van der Waals surface area contributed by atoms with E-state index in [4.69, 9.17) is 9.47 Å². The molecule has 0 amide bonds. The van der Waals surface area contributed by atoms with Crippen LogP contribution >= 0.6 is 15.9 Å². The zero-order valence-corrected chi connectivity index (χ0v) is 20.0. The lowest BCUT2D eigenvalue weighted by atomic mass is 10.1. The van der Waals surface area contributed by atoms with Crippen LogP contribution in [0, 0.1) is 0 Å². The Hall–Kier alpha value is -2.53. The lowest BCUT2D eigenvalue weighted by molar-refractivity contribution is 0.116. The molecule has 3 rings (SSSR count). The smallest absolute Gasteiger partial charge is 0.277 e. The first-order chi connectivity index (χ1) is 15.3. The van der Waals surface area contributed by atoms with Crippen molar-refractivity contribution in [1.82, 2.24) is 9.55 Å². The number of aromatic hydroxyl groups is 1. The quantitative estimate of drug-likeness (QED) is 0.459. The van der Waals surface area contributed by atoms with E-state index in [1.807, 2.05) is 6.07 Å². The Labute approximate surface area is 194 Å². The van der Waals surface area contributed by atoms with Crippen molar-refractivity contribution in [2.75, 3.05) is 20.3 Å². The van der Waals surface area contributed by atoms with Crippen LogP contribution in [0.25, 0.3) is 0 Å². The zero-order valence-electron chi connectivity index (χ0n) is 17.6. The maximum Gasteiger partial charge on any atom is 0.277 e. The number of rotatable bonds is 9. The van der Waals surface area contributed by atoms with Gasteiger partial charge < -0.3 is 14.6 Å². The molecule has 2 aromatic carbocycles. The van der Waals surface area contributed by atoms with Gasteiger partial charge in [-0.1, -0.05) is 46.3 Å². The number of hydrogen-bond donors (Lipinski definition) is 1. The molecule has 32 heavy (non-hydrogen) atoms. The van der Waals surface area contributed by atoms with Gasteiger partial charge in [-0.2, -0.15) is 4.98 Å². The van der Waals surface area contributed by atoms with Crippen LogP contribution in [0.1, 0.15) is 24.4 Å². The van der Waals surface area contributed by atoms with Gasteiger partial charge >= 0.3 is 0 Å². The van der Waals surface area contributed by atoms with Crippen molar-refractivity contribution in [3.63, 3.8) is 0 Å². The van der Waals surface area contributed by atoms with E-state index < -0.39 is 32.2 Å². The first kappa shape index (κ1) is 24.1. The molecule has 0 saturated carbocycles. The number of sulfone groups is 1. The van der Waals surface area contributed by atoms with E-state index in [-0.39, 0.29) is 23.9 Å². The van der Waals surface area contributed by atoms with Crippen molar-refractivity contribution >= 4 is 25.8 Å². The van der Waals surface area contributed by atoms with E-state index in [0.29, 0.717) is 16.6 Å². The molecule has 10 heteroatoms. The topological polar surface area (TPSA) is 108 Å². The summed E-state index contributed by atoms with van der Waals surface area (Å²) in [6, 6.07) is 14.1. The molecule has 0 aliphatic heterocycles. The Balaban J connectivity index is 2.30. The molecule has 8 nitrogen and oxygen atoms in total. The summed E-state index contributed by atoms with van der Waals surface area (Å²) < 4.78 is 39.2. The van der Waals surface area contributed by atoms with Gasteiger partial charge in [0, 0.05) is 18.2 Å². The summed E-state index contributed by atoms with van der Waals surface area (Å²) >= 11 is 3.25. The van der Waals surface area contributed by atoms with Crippen LogP contribution in [-0.4, -0.2) is 43.4 Å². The van der Waals surface area contributed by atoms with E-state index in [2.05, 4.69) is 20.9 Å². The summed E-state index contributed by atoms with van der Waals surface area (Å²) in [5.41, 5.74) is -0.185. The van der Waals surface area contributed by atoms with Crippen LogP contribution in [0.15, 0.2) is 73.7 Å². The predicted octanol–water partition coefficient (Wildman–Crippen LogP) is 3.32. The molecule has 0 radical (unpaired) electrons. The monoisotopic (exact) mass is 522 g/mol. The van der Waals surface area contributed by atoms with E-state index >= 15 is 0 Å². The molecule has 170 valence electrons. The lowest BCUT2D eigenvalue weighted by Gasteiger charge is -2.23. The van der Waals surface area contributed by atoms with Crippen LogP contribution in [-0.2, 0) is 25.9 Å². The number of hydrogen-bond acceptors (Lipinski definition) is 7. The largest absolute Gasteiger partial charge is 0.492 e. The molecule has 0 spiro atoms. The van der Waals surface area contributed by atoms with Gasteiger partial charge in [-0.3, -0.25) is 9.36 Å². The molecule has 0 aliphatic carbocycles. The number of aromatic nitrogens is 2. The van der Waals surface area contributed by atoms with Gasteiger partial charge in [-0.25, -0.2) is 8.42 Å². The third kappa shape index (κ3) is 4.93. The molecule has 0 aliphatic rings. The number of methoxy groups -OCH3 is 1. The summed E-state index contributed by atoms with van der Waals surface area (Å²) in [7, 11) is -2.87. The fourth-order valence-electron chi connectivity index (χ4n) is 3.29. The molecule has 0 bridgehead atoms. The van der Waals surface area contributed by atoms with Crippen LogP contribution in [0.2, 0.25) is 0 Å². The molecular weight excluding hydrogens is 500 g/mol. The van der Waals surface area contributed by atoms with E-state index in [1.165, 1.54) is 35.9 Å². The van der Waals surface area contributed by atoms with Crippen molar-refractivity contribution in [1.29, 1.82) is 0 Å². The van der Waals surface area contributed by atoms with Crippen molar-refractivity contribution < 1.29 is 23.0 Å². The fourth-order valence-corrected chi connectivity index (χ4v) is 4.89. The Bertz CT molecular complexity index is 1230. The van der Waals surface area contributed by atoms with Gasteiger partial charge in [0.2, 0.25) is 15.7 Å². The normalized spacial score (nSPS) is 12.6. The van der Waals surface area contributed by atoms with Crippen LogP contribution in [0.5, 0.6) is 5.88 Å². The minimum atomic E-state index is -4.36. The highest BCUT2D eigenvalue weighted by molar-refractivity contribution is 9.10. The molecule has 1 heterocycles. The average Bonchev–Trinajstić information content (AvgIpc) is 2.77. The first-order valence-corrected chi connectivity index (χ1v) is 12.1. The standard InChI is InChI=1S/C22H23BrN2O6S/c1-3-31-14-19-24-21(26)20(32(28,29)17-11-9-16(23)10-12-17)22(27)25(19)18(13-30-2)15-7-5-4-6-8-15/h4-12,18,26H,3,13-14H2,1-2H3. The zero-order chi connectivity index (χ0) is 23.3. The van der Waals surface area contributed by atoms with Crippen LogP contribution in [0.3, 0.4) is 0 Å². The molecule has 1 N–H and O–H groups in total. The third-order valence-electron chi connectivity index (χ3n) is 4.78. The maximum absolute atomic E-state index is 13.6. The van der Waals surface area contributed by atoms with Gasteiger partial charge in [0.25, 0.3) is 5.56 Å². The molecule has 1 aromatic heterocycles.